The minimum absolute atomic E-state index is 0.182. The van der Waals surface area contributed by atoms with E-state index in [0.29, 0.717) is 29.0 Å². The SMILES string of the molecule is CN(C)c1nc(Cl)c2ncn([C@H]3CC[C@H]4CC(=O)N(C)[C@H]3C4)c2n1. The van der Waals surface area contributed by atoms with Crippen molar-refractivity contribution in [3.8, 4) is 0 Å². The summed E-state index contributed by atoms with van der Waals surface area (Å²) in [6, 6.07) is 0.375. The summed E-state index contributed by atoms with van der Waals surface area (Å²) in [5, 5.41) is 0.365. The molecule has 7 nitrogen and oxygen atoms in total. The van der Waals surface area contributed by atoms with Crippen molar-refractivity contribution in [2.45, 2.75) is 37.8 Å². The fourth-order valence-corrected chi connectivity index (χ4v) is 4.24. The summed E-state index contributed by atoms with van der Waals surface area (Å²) in [6.45, 7) is 0. The van der Waals surface area contributed by atoms with Gasteiger partial charge < -0.3 is 14.4 Å². The van der Waals surface area contributed by atoms with Crippen molar-refractivity contribution in [1.82, 2.24) is 24.4 Å². The number of imidazole rings is 1. The average Bonchev–Trinajstić information content (AvgIpc) is 2.97. The number of anilines is 1. The van der Waals surface area contributed by atoms with Crippen molar-refractivity contribution in [1.29, 1.82) is 0 Å². The summed E-state index contributed by atoms with van der Waals surface area (Å²) in [7, 11) is 5.68. The van der Waals surface area contributed by atoms with Gasteiger partial charge in [0.05, 0.1) is 18.4 Å². The normalized spacial score (nSPS) is 26.9. The topological polar surface area (TPSA) is 67.2 Å². The molecule has 2 aromatic rings. The van der Waals surface area contributed by atoms with E-state index in [1.807, 2.05) is 30.9 Å². The molecule has 0 unspecified atom stereocenters. The molecule has 2 fully saturated rings. The van der Waals surface area contributed by atoms with Gasteiger partial charge in [-0.15, -0.1) is 0 Å². The van der Waals surface area contributed by atoms with Crippen molar-refractivity contribution in [3.63, 3.8) is 0 Å². The van der Waals surface area contributed by atoms with Gasteiger partial charge in [-0.2, -0.15) is 9.97 Å². The van der Waals surface area contributed by atoms with Crippen molar-refractivity contribution < 1.29 is 4.79 Å². The number of carbonyl (C=O) groups excluding carboxylic acids is 1. The predicted octanol–water partition coefficient (Wildman–Crippen LogP) is 2.12. The van der Waals surface area contributed by atoms with Crippen LogP contribution in [0.3, 0.4) is 0 Å². The Hall–Kier alpha value is -1.89. The van der Waals surface area contributed by atoms with Crippen LogP contribution in [-0.2, 0) is 4.79 Å². The molecule has 0 N–H and O–H groups in total. The molecule has 1 aliphatic carbocycles. The lowest BCUT2D eigenvalue weighted by molar-refractivity contribution is -0.140. The van der Waals surface area contributed by atoms with E-state index < -0.39 is 0 Å². The van der Waals surface area contributed by atoms with Gasteiger partial charge in [0.1, 0.15) is 5.52 Å². The maximum atomic E-state index is 12.2. The van der Waals surface area contributed by atoms with Crippen LogP contribution in [0.15, 0.2) is 6.33 Å². The molecule has 128 valence electrons. The van der Waals surface area contributed by atoms with E-state index in [2.05, 4.69) is 19.5 Å². The molecule has 2 aromatic heterocycles. The monoisotopic (exact) mass is 348 g/mol. The number of likely N-dealkylation sites (tertiary alicyclic amines) is 1. The molecule has 3 atom stereocenters. The smallest absolute Gasteiger partial charge is 0.228 e. The molecule has 1 aliphatic heterocycles. The molecule has 1 saturated heterocycles. The van der Waals surface area contributed by atoms with Gasteiger partial charge in [0.25, 0.3) is 0 Å². The second-order valence-corrected chi connectivity index (χ2v) is 7.41. The van der Waals surface area contributed by atoms with Gasteiger partial charge in [-0.25, -0.2) is 4.98 Å². The second-order valence-electron chi connectivity index (χ2n) is 7.06. The van der Waals surface area contributed by atoms with Gasteiger partial charge in [0.15, 0.2) is 10.8 Å². The van der Waals surface area contributed by atoms with E-state index in [4.69, 9.17) is 11.6 Å². The van der Waals surface area contributed by atoms with E-state index in [1.165, 1.54) is 0 Å². The molecule has 1 saturated carbocycles. The van der Waals surface area contributed by atoms with Crippen LogP contribution in [0.2, 0.25) is 5.15 Å². The van der Waals surface area contributed by atoms with Gasteiger partial charge in [-0.05, 0) is 25.2 Å². The molecule has 3 heterocycles. The van der Waals surface area contributed by atoms with E-state index >= 15 is 0 Å². The molecule has 2 aliphatic rings. The van der Waals surface area contributed by atoms with Gasteiger partial charge in [-0.1, -0.05) is 11.6 Å². The summed E-state index contributed by atoms with van der Waals surface area (Å²) in [4.78, 5) is 29.3. The molecule has 1 amide bonds. The molecule has 0 aromatic carbocycles. The zero-order chi connectivity index (χ0) is 17.0. The Morgan fingerprint density at radius 1 is 1.25 bits per heavy atom. The van der Waals surface area contributed by atoms with Crippen LogP contribution in [0.1, 0.15) is 31.7 Å². The average molecular weight is 349 g/mol. The lowest BCUT2D eigenvalue weighted by atomic mass is 9.76. The zero-order valence-corrected chi connectivity index (χ0v) is 14.9. The standard InChI is InChI=1S/C16H21ClN6O/c1-21(2)16-19-14(17)13-15(20-16)23(8-18-13)10-5-4-9-6-11(10)22(3)12(24)7-9/h8-11H,4-7H2,1-3H3/t9-,10+,11+/m1/s1. The molecular weight excluding hydrogens is 328 g/mol. The predicted molar refractivity (Wildman–Crippen MR) is 92.2 cm³/mol. The third kappa shape index (κ3) is 2.33. The minimum Gasteiger partial charge on any atom is -0.347 e. The largest absolute Gasteiger partial charge is 0.347 e. The zero-order valence-electron chi connectivity index (χ0n) is 14.1. The number of halogens is 1. The molecular formula is C16H21ClN6O. The van der Waals surface area contributed by atoms with Crippen molar-refractivity contribution in [3.05, 3.63) is 11.5 Å². The first kappa shape index (κ1) is 15.6. The molecule has 0 radical (unpaired) electrons. The number of likely N-dealkylation sites (N-methyl/N-ethyl adjacent to an activating group) is 1. The Kier molecular flexibility index (Phi) is 3.63. The number of piperidine rings is 1. The summed E-state index contributed by atoms with van der Waals surface area (Å²) in [5.74, 6) is 1.32. The van der Waals surface area contributed by atoms with Crippen molar-refractivity contribution in [2.24, 2.45) is 5.92 Å². The summed E-state index contributed by atoms with van der Waals surface area (Å²) in [6.07, 6.45) is 5.62. The van der Waals surface area contributed by atoms with Gasteiger partial charge in [-0.3, -0.25) is 4.79 Å². The maximum absolute atomic E-state index is 12.2. The number of carbonyl (C=O) groups is 1. The quantitative estimate of drug-likeness (QED) is 0.778. The van der Waals surface area contributed by atoms with Crippen LogP contribution < -0.4 is 4.90 Å². The molecule has 8 heteroatoms. The Balaban J connectivity index is 1.80. The number of nitrogens with zero attached hydrogens (tertiary/aromatic N) is 6. The summed E-state index contributed by atoms with van der Waals surface area (Å²) >= 11 is 6.30. The lowest BCUT2D eigenvalue weighted by Crippen LogP contribution is -2.50. The van der Waals surface area contributed by atoms with Gasteiger partial charge in [0, 0.05) is 27.6 Å². The Morgan fingerprint density at radius 2 is 2.04 bits per heavy atom. The first-order chi connectivity index (χ1) is 11.5. The maximum Gasteiger partial charge on any atom is 0.228 e. The number of aromatic nitrogens is 4. The molecule has 24 heavy (non-hydrogen) atoms. The summed E-state index contributed by atoms with van der Waals surface area (Å²) < 4.78 is 2.09. The van der Waals surface area contributed by atoms with E-state index in [1.54, 1.807) is 6.33 Å². The number of hydrogen-bond donors (Lipinski definition) is 0. The number of hydrogen-bond acceptors (Lipinski definition) is 5. The number of amides is 1. The lowest BCUT2D eigenvalue weighted by Gasteiger charge is -2.45. The van der Waals surface area contributed by atoms with Crippen LogP contribution in [0, 0.1) is 5.92 Å². The second kappa shape index (κ2) is 5.58. The van der Waals surface area contributed by atoms with Gasteiger partial charge in [0.2, 0.25) is 11.9 Å². The van der Waals surface area contributed by atoms with Crippen LogP contribution >= 0.6 is 11.6 Å². The van der Waals surface area contributed by atoms with E-state index in [-0.39, 0.29) is 18.0 Å². The third-order valence-electron chi connectivity index (χ3n) is 5.37. The van der Waals surface area contributed by atoms with Crippen LogP contribution in [-0.4, -0.2) is 57.5 Å². The fraction of sp³-hybridized carbons (Fsp3) is 0.625. The fourth-order valence-electron chi connectivity index (χ4n) is 4.03. The van der Waals surface area contributed by atoms with E-state index in [0.717, 1.165) is 24.9 Å². The third-order valence-corrected chi connectivity index (χ3v) is 5.63. The highest BCUT2D eigenvalue weighted by Crippen LogP contribution is 2.41. The highest BCUT2D eigenvalue weighted by molar-refractivity contribution is 6.33. The highest BCUT2D eigenvalue weighted by atomic mass is 35.5. The number of fused-ring (bicyclic) bond motifs is 3. The van der Waals surface area contributed by atoms with Crippen molar-refractivity contribution in [2.75, 3.05) is 26.0 Å². The first-order valence-corrected chi connectivity index (χ1v) is 8.66. The Bertz CT molecular complexity index is 803. The molecule has 2 bridgehead atoms. The molecule has 0 spiro atoms. The Labute approximate surface area is 145 Å². The van der Waals surface area contributed by atoms with Crippen LogP contribution in [0.25, 0.3) is 11.2 Å². The first-order valence-electron chi connectivity index (χ1n) is 8.28. The number of rotatable bonds is 2. The molecule has 4 rings (SSSR count). The minimum atomic E-state index is 0.182. The Morgan fingerprint density at radius 3 is 2.79 bits per heavy atom. The summed E-state index contributed by atoms with van der Waals surface area (Å²) in [5.41, 5.74) is 1.36. The van der Waals surface area contributed by atoms with Crippen LogP contribution in [0.4, 0.5) is 5.95 Å². The van der Waals surface area contributed by atoms with Crippen LogP contribution in [0.5, 0.6) is 0 Å². The highest BCUT2D eigenvalue weighted by Gasteiger charge is 2.41. The van der Waals surface area contributed by atoms with E-state index in [9.17, 15) is 4.79 Å². The van der Waals surface area contributed by atoms with Crippen molar-refractivity contribution >= 4 is 34.6 Å². The van der Waals surface area contributed by atoms with Gasteiger partial charge >= 0.3 is 0 Å².